The van der Waals surface area contributed by atoms with E-state index < -0.39 is 0 Å². The molecule has 0 fully saturated rings. The second kappa shape index (κ2) is 3.46. The molecule has 0 N–H and O–H groups in total. The number of carbonyl (C=O) groups excluding carboxylic acids is 1. The lowest BCUT2D eigenvalue weighted by molar-refractivity contribution is 0.0816. The maximum atomic E-state index is 11.8. The lowest BCUT2D eigenvalue weighted by Gasteiger charge is -2.04. The molecule has 0 spiro atoms. The van der Waals surface area contributed by atoms with Gasteiger partial charge < -0.3 is 4.90 Å². The van der Waals surface area contributed by atoms with Crippen LogP contribution in [0.25, 0.3) is 10.4 Å². The Morgan fingerprint density at radius 3 is 2.94 bits per heavy atom. The van der Waals surface area contributed by atoms with Crippen molar-refractivity contribution in [2.24, 2.45) is 0 Å². The summed E-state index contributed by atoms with van der Waals surface area (Å²) in [5, 5.41) is 2.05. The van der Waals surface area contributed by atoms with Crippen LogP contribution in [0.4, 0.5) is 0 Å². The Hall–Kier alpha value is -1.61. The molecule has 1 aromatic carbocycles. The first-order valence-electron chi connectivity index (χ1n) is 5.18. The Morgan fingerprint density at radius 2 is 2.19 bits per heavy atom. The van der Waals surface area contributed by atoms with Gasteiger partial charge in [-0.3, -0.25) is 4.79 Å². The predicted octanol–water partition coefficient (Wildman–Crippen LogP) is 3.00. The molecule has 1 aliphatic heterocycles. The van der Waals surface area contributed by atoms with Crippen molar-refractivity contribution < 1.29 is 4.79 Å². The van der Waals surface area contributed by atoms with E-state index in [0.717, 1.165) is 23.2 Å². The molecule has 1 aromatic heterocycles. The Bertz CT molecular complexity index is 545. The molecule has 2 nitrogen and oxygen atoms in total. The molecule has 0 unspecified atom stereocenters. The number of thiophene rings is 1. The molecule has 3 rings (SSSR count). The molecular weight excluding hydrogens is 218 g/mol. The monoisotopic (exact) mass is 229 g/mol. The maximum Gasteiger partial charge on any atom is 0.254 e. The van der Waals surface area contributed by atoms with Gasteiger partial charge in [-0.2, -0.15) is 0 Å². The highest BCUT2D eigenvalue weighted by atomic mass is 32.1. The van der Waals surface area contributed by atoms with Gasteiger partial charge in [0.2, 0.25) is 0 Å². The Labute approximate surface area is 98.1 Å². The van der Waals surface area contributed by atoms with Crippen LogP contribution in [0.3, 0.4) is 0 Å². The average Bonchev–Trinajstić information content (AvgIpc) is 2.89. The number of fused-ring (bicyclic) bond motifs is 1. The Morgan fingerprint density at radius 1 is 1.31 bits per heavy atom. The van der Waals surface area contributed by atoms with Crippen LogP contribution in [-0.4, -0.2) is 17.9 Å². The minimum atomic E-state index is 0.133. The van der Waals surface area contributed by atoms with Crippen LogP contribution in [0.1, 0.15) is 15.9 Å². The fourth-order valence-corrected chi connectivity index (χ4v) is 2.77. The van der Waals surface area contributed by atoms with Gasteiger partial charge in [0.15, 0.2) is 0 Å². The quantitative estimate of drug-likeness (QED) is 0.736. The van der Waals surface area contributed by atoms with Crippen molar-refractivity contribution in [3.8, 4) is 10.4 Å². The van der Waals surface area contributed by atoms with Crippen molar-refractivity contribution >= 4 is 17.2 Å². The molecule has 0 aliphatic carbocycles. The van der Waals surface area contributed by atoms with Crippen LogP contribution >= 0.6 is 11.3 Å². The summed E-state index contributed by atoms with van der Waals surface area (Å²) in [6, 6.07) is 10.3. The number of carbonyl (C=O) groups is 1. The van der Waals surface area contributed by atoms with E-state index in [1.54, 1.807) is 16.2 Å². The second-order valence-corrected chi connectivity index (χ2v) is 4.96. The molecule has 0 atom stereocenters. The first-order chi connectivity index (χ1) is 7.75. The molecular formula is C13H11NOS. The number of amides is 1. The van der Waals surface area contributed by atoms with Gasteiger partial charge in [0.25, 0.3) is 5.91 Å². The highest BCUT2D eigenvalue weighted by Gasteiger charge is 2.24. The highest BCUT2D eigenvalue weighted by Crippen LogP contribution is 2.30. The van der Waals surface area contributed by atoms with E-state index in [2.05, 4.69) is 23.6 Å². The zero-order chi connectivity index (χ0) is 11.1. The third kappa shape index (κ3) is 1.36. The first-order valence-corrected chi connectivity index (χ1v) is 6.06. The summed E-state index contributed by atoms with van der Waals surface area (Å²) in [4.78, 5) is 14.8. The highest BCUT2D eigenvalue weighted by molar-refractivity contribution is 7.13. The van der Waals surface area contributed by atoms with Gasteiger partial charge in [0.05, 0.1) is 0 Å². The van der Waals surface area contributed by atoms with E-state index in [-0.39, 0.29) is 5.91 Å². The van der Waals surface area contributed by atoms with E-state index in [0.29, 0.717) is 0 Å². The number of hydrogen-bond acceptors (Lipinski definition) is 2. The summed E-state index contributed by atoms with van der Waals surface area (Å²) in [6.07, 6.45) is 0. The van der Waals surface area contributed by atoms with E-state index >= 15 is 0 Å². The molecule has 2 heterocycles. The fourth-order valence-electron chi connectivity index (χ4n) is 2.04. The number of hydrogen-bond donors (Lipinski definition) is 0. The summed E-state index contributed by atoms with van der Waals surface area (Å²) in [5.41, 5.74) is 3.12. The van der Waals surface area contributed by atoms with Crippen molar-refractivity contribution in [1.29, 1.82) is 0 Å². The Balaban J connectivity index is 2.11. The molecule has 0 saturated carbocycles. The minimum absolute atomic E-state index is 0.133. The maximum absolute atomic E-state index is 11.8. The van der Waals surface area contributed by atoms with Crippen LogP contribution in [0.2, 0.25) is 0 Å². The molecule has 1 amide bonds. The third-order valence-corrected chi connectivity index (χ3v) is 3.82. The van der Waals surface area contributed by atoms with Crippen molar-refractivity contribution in [2.45, 2.75) is 6.54 Å². The predicted molar refractivity (Wildman–Crippen MR) is 65.6 cm³/mol. The summed E-state index contributed by atoms with van der Waals surface area (Å²) in [6.45, 7) is 0.735. The molecule has 2 aromatic rings. The lowest BCUT2D eigenvalue weighted by atomic mass is 10.1. The van der Waals surface area contributed by atoms with E-state index in [1.807, 2.05) is 19.2 Å². The van der Waals surface area contributed by atoms with Gasteiger partial charge in [0.1, 0.15) is 0 Å². The average molecular weight is 229 g/mol. The minimum Gasteiger partial charge on any atom is -0.337 e. The van der Waals surface area contributed by atoms with Crippen molar-refractivity contribution in [1.82, 2.24) is 4.90 Å². The lowest BCUT2D eigenvalue weighted by Crippen LogP contribution is -2.17. The van der Waals surface area contributed by atoms with Crippen molar-refractivity contribution in [3.63, 3.8) is 0 Å². The van der Waals surface area contributed by atoms with Gasteiger partial charge in [-0.25, -0.2) is 0 Å². The SMILES string of the molecule is CN1Cc2ccc(-c3cccs3)cc2C1=O. The van der Waals surface area contributed by atoms with Crippen LogP contribution in [0.15, 0.2) is 35.7 Å². The zero-order valence-electron chi connectivity index (χ0n) is 8.93. The smallest absolute Gasteiger partial charge is 0.254 e. The van der Waals surface area contributed by atoms with Gasteiger partial charge in [0, 0.05) is 24.0 Å². The van der Waals surface area contributed by atoms with Crippen LogP contribution in [-0.2, 0) is 6.54 Å². The number of rotatable bonds is 1. The van der Waals surface area contributed by atoms with E-state index in [9.17, 15) is 4.79 Å². The second-order valence-electron chi connectivity index (χ2n) is 4.01. The fraction of sp³-hybridized carbons (Fsp3) is 0.154. The van der Waals surface area contributed by atoms with Crippen molar-refractivity contribution in [3.05, 3.63) is 46.8 Å². The molecule has 3 heteroatoms. The topological polar surface area (TPSA) is 20.3 Å². The van der Waals surface area contributed by atoms with Gasteiger partial charge in [-0.05, 0) is 28.6 Å². The molecule has 1 aliphatic rings. The van der Waals surface area contributed by atoms with Gasteiger partial charge in [-0.1, -0.05) is 18.2 Å². The van der Waals surface area contributed by atoms with Gasteiger partial charge >= 0.3 is 0 Å². The summed E-state index contributed by atoms with van der Waals surface area (Å²) in [7, 11) is 1.84. The Kier molecular flexibility index (Phi) is 2.07. The number of nitrogens with zero attached hydrogens (tertiary/aromatic N) is 1. The van der Waals surface area contributed by atoms with Crippen molar-refractivity contribution in [2.75, 3.05) is 7.05 Å². The normalized spacial score (nSPS) is 14.3. The first kappa shape index (κ1) is 9.60. The van der Waals surface area contributed by atoms with Gasteiger partial charge in [-0.15, -0.1) is 11.3 Å². The number of benzene rings is 1. The summed E-state index contributed by atoms with van der Waals surface area (Å²) in [5.74, 6) is 0.133. The zero-order valence-corrected chi connectivity index (χ0v) is 9.75. The van der Waals surface area contributed by atoms with Crippen LogP contribution in [0.5, 0.6) is 0 Å². The van der Waals surface area contributed by atoms with E-state index in [4.69, 9.17) is 0 Å². The molecule has 80 valence electrons. The molecule has 0 saturated heterocycles. The molecule has 0 bridgehead atoms. The largest absolute Gasteiger partial charge is 0.337 e. The third-order valence-electron chi connectivity index (χ3n) is 2.90. The van der Waals surface area contributed by atoms with E-state index in [1.165, 1.54) is 4.88 Å². The molecule has 0 radical (unpaired) electrons. The van der Waals surface area contributed by atoms with Crippen LogP contribution < -0.4 is 0 Å². The standard InChI is InChI=1S/C13H11NOS/c1-14-8-10-5-4-9(7-11(10)13(14)15)12-3-2-6-16-12/h2-7H,8H2,1H3. The van der Waals surface area contributed by atoms with Crippen LogP contribution in [0, 0.1) is 0 Å². The molecule has 16 heavy (non-hydrogen) atoms. The summed E-state index contributed by atoms with van der Waals surface area (Å²) >= 11 is 1.70. The summed E-state index contributed by atoms with van der Waals surface area (Å²) < 4.78 is 0.